The van der Waals surface area contributed by atoms with Crippen LogP contribution in [0.1, 0.15) is 24.0 Å². The fraction of sp³-hybridized carbons (Fsp3) is 0.429. The molecule has 1 aromatic carbocycles. The first-order valence-electron chi connectivity index (χ1n) is 5.84. The lowest BCUT2D eigenvalue weighted by Gasteiger charge is -2.07. The maximum absolute atomic E-state index is 11.9. The minimum atomic E-state index is -4.18. The molecule has 0 aliphatic heterocycles. The van der Waals surface area contributed by atoms with Crippen LogP contribution in [0, 0.1) is 11.8 Å². The second kappa shape index (κ2) is 7.82. The fourth-order valence-corrected chi connectivity index (χ4v) is 1.34. The van der Waals surface area contributed by atoms with E-state index < -0.39 is 12.6 Å². The third-order valence-electron chi connectivity index (χ3n) is 2.20. The van der Waals surface area contributed by atoms with Crippen molar-refractivity contribution < 1.29 is 23.0 Å². The quantitative estimate of drug-likeness (QED) is 0.659. The molecule has 104 valence electrons. The molecule has 0 saturated heterocycles. The van der Waals surface area contributed by atoms with Gasteiger partial charge >= 0.3 is 6.18 Å². The zero-order valence-electron chi connectivity index (χ0n) is 10.3. The highest BCUT2D eigenvalue weighted by Gasteiger charge is 2.26. The number of rotatable bonds is 5. The van der Waals surface area contributed by atoms with Crippen molar-refractivity contribution in [2.75, 3.05) is 13.2 Å². The van der Waals surface area contributed by atoms with E-state index in [0.717, 1.165) is 11.1 Å². The van der Waals surface area contributed by atoms with Crippen molar-refractivity contribution in [2.24, 2.45) is 0 Å². The molecule has 0 aliphatic rings. The predicted octanol–water partition coefficient (Wildman–Crippen LogP) is 2.89. The number of benzene rings is 1. The average Bonchev–Trinajstić information content (AvgIpc) is 2.35. The third kappa shape index (κ3) is 7.50. The zero-order valence-corrected chi connectivity index (χ0v) is 10.3. The van der Waals surface area contributed by atoms with Crippen LogP contribution in [-0.2, 0) is 11.3 Å². The standard InChI is InChI=1S/C14H15F3O2/c15-14(16,17)7-9-19-11-13-6-3-5-12(10-13)4-1-2-8-18/h3,5-6,10,18H,2,7-9,11H2. The summed E-state index contributed by atoms with van der Waals surface area (Å²) in [5.74, 6) is 5.63. The van der Waals surface area contributed by atoms with Crippen LogP contribution in [0.2, 0.25) is 0 Å². The minimum Gasteiger partial charge on any atom is -0.395 e. The van der Waals surface area contributed by atoms with Crippen molar-refractivity contribution >= 4 is 0 Å². The van der Waals surface area contributed by atoms with Crippen molar-refractivity contribution in [3.05, 3.63) is 35.4 Å². The Bertz CT molecular complexity index is 444. The van der Waals surface area contributed by atoms with E-state index in [0.29, 0.717) is 6.42 Å². The molecule has 0 fully saturated rings. The molecule has 0 aromatic heterocycles. The fourth-order valence-electron chi connectivity index (χ4n) is 1.34. The molecule has 0 heterocycles. The Labute approximate surface area is 110 Å². The third-order valence-corrected chi connectivity index (χ3v) is 2.20. The molecule has 5 heteroatoms. The highest BCUT2D eigenvalue weighted by atomic mass is 19.4. The van der Waals surface area contributed by atoms with Gasteiger partial charge in [0.25, 0.3) is 0 Å². The van der Waals surface area contributed by atoms with E-state index in [1.807, 2.05) is 0 Å². The number of alkyl halides is 3. The zero-order chi connectivity index (χ0) is 14.1. The minimum absolute atomic E-state index is 0.00719. The predicted molar refractivity (Wildman–Crippen MR) is 65.4 cm³/mol. The molecule has 0 bridgehead atoms. The molecular weight excluding hydrogens is 257 g/mol. The van der Waals surface area contributed by atoms with Gasteiger partial charge in [-0.05, 0) is 17.7 Å². The van der Waals surface area contributed by atoms with Crippen molar-refractivity contribution in [1.29, 1.82) is 0 Å². The molecule has 19 heavy (non-hydrogen) atoms. The van der Waals surface area contributed by atoms with Crippen LogP contribution in [0.3, 0.4) is 0 Å². The molecule has 1 aromatic rings. The second-order valence-electron chi connectivity index (χ2n) is 3.89. The van der Waals surface area contributed by atoms with Crippen LogP contribution in [-0.4, -0.2) is 24.5 Å². The molecule has 0 atom stereocenters. The molecule has 0 saturated carbocycles. The van der Waals surface area contributed by atoms with Gasteiger partial charge in [-0.1, -0.05) is 24.0 Å². The number of ether oxygens (including phenoxy) is 1. The van der Waals surface area contributed by atoms with Crippen LogP contribution in [0.5, 0.6) is 0 Å². The number of aliphatic hydroxyl groups is 1. The number of aliphatic hydroxyl groups excluding tert-OH is 1. The van der Waals surface area contributed by atoms with E-state index >= 15 is 0 Å². The lowest BCUT2D eigenvalue weighted by Crippen LogP contribution is -2.11. The van der Waals surface area contributed by atoms with Crippen molar-refractivity contribution in [3.63, 3.8) is 0 Å². The monoisotopic (exact) mass is 272 g/mol. The van der Waals surface area contributed by atoms with Gasteiger partial charge in [-0.25, -0.2) is 0 Å². The summed E-state index contributed by atoms with van der Waals surface area (Å²) in [6.45, 7) is -0.206. The average molecular weight is 272 g/mol. The van der Waals surface area contributed by atoms with Gasteiger partial charge in [0.15, 0.2) is 0 Å². The summed E-state index contributed by atoms with van der Waals surface area (Å²) in [4.78, 5) is 0. The van der Waals surface area contributed by atoms with Gasteiger partial charge in [0.05, 0.1) is 26.2 Å². The van der Waals surface area contributed by atoms with E-state index in [1.54, 1.807) is 24.3 Å². The Morgan fingerprint density at radius 3 is 2.74 bits per heavy atom. The number of halogens is 3. The normalized spacial score (nSPS) is 10.9. The Morgan fingerprint density at radius 2 is 2.05 bits per heavy atom. The van der Waals surface area contributed by atoms with Gasteiger partial charge in [-0.2, -0.15) is 13.2 Å². The maximum atomic E-state index is 11.9. The summed E-state index contributed by atoms with van der Waals surface area (Å²) < 4.78 is 40.7. The molecule has 0 amide bonds. The highest BCUT2D eigenvalue weighted by molar-refractivity contribution is 5.36. The van der Waals surface area contributed by atoms with Gasteiger partial charge in [0, 0.05) is 12.0 Å². The molecule has 0 aliphatic carbocycles. The van der Waals surface area contributed by atoms with E-state index in [9.17, 15) is 13.2 Å². The number of hydrogen-bond acceptors (Lipinski definition) is 2. The SMILES string of the molecule is OCCC#Cc1cccc(COCCC(F)(F)F)c1. The molecule has 0 unspecified atom stereocenters. The molecule has 1 rings (SSSR count). The van der Waals surface area contributed by atoms with Gasteiger partial charge in [0.1, 0.15) is 0 Å². The molecule has 1 N–H and O–H groups in total. The Hall–Kier alpha value is -1.51. The summed E-state index contributed by atoms with van der Waals surface area (Å²) in [7, 11) is 0. The van der Waals surface area contributed by atoms with Gasteiger partial charge in [0.2, 0.25) is 0 Å². The first kappa shape index (κ1) is 15.5. The summed E-state index contributed by atoms with van der Waals surface area (Å²) in [5.41, 5.74) is 1.53. The summed E-state index contributed by atoms with van der Waals surface area (Å²) in [6, 6.07) is 7.10. The van der Waals surface area contributed by atoms with Gasteiger partial charge in [-0.3, -0.25) is 0 Å². The van der Waals surface area contributed by atoms with Crippen LogP contribution in [0.4, 0.5) is 13.2 Å². The lowest BCUT2D eigenvalue weighted by molar-refractivity contribution is -0.146. The largest absolute Gasteiger partial charge is 0.395 e. The van der Waals surface area contributed by atoms with Crippen LogP contribution in [0.25, 0.3) is 0 Å². The number of hydrogen-bond donors (Lipinski definition) is 1. The summed E-state index contributed by atoms with van der Waals surface area (Å²) >= 11 is 0. The molecular formula is C14H15F3O2. The van der Waals surface area contributed by atoms with Crippen molar-refractivity contribution in [3.8, 4) is 11.8 Å². The van der Waals surface area contributed by atoms with E-state index in [1.165, 1.54) is 0 Å². The smallest absolute Gasteiger partial charge is 0.391 e. The van der Waals surface area contributed by atoms with Crippen molar-refractivity contribution in [1.82, 2.24) is 0 Å². The Morgan fingerprint density at radius 1 is 1.26 bits per heavy atom. The topological polar surface area (TPSA) is 29.5 Å². The summed E-state index contributed by atoms with van der Waals surface area (Å²) in [5, 5.41) is 8.59. The summed E-state index contributed by atoms with van der Waals surface area (Å²) in [6.07, 6.45) is -4.73. The highest BCUT2D eigenvalue weighted by Crippen LogP contribution is 2.19. The Balaban J connectivity index is 2.43. The molecule has 0 spiro atoms. The van der Waals surface area contributed by atoms with Crippen LogP contribution < -0.4 is 0 Å². The van der Waals surface area contributed by atoms with Crippen LogP contribution in [0.15, 0.2) is 24.3 Å². The first-order chi connectivity index (χ1) is 9.01. The van der Waals surface area contributed by atoms with Crippen molar-refractivity contribution in [2.45, 2.75) is 25.6 Å². The van der Waals surface area contributed by atoms with Crippen LogP contribution >= 0.6 is 0 Å². The van der Waals surface area contributed by atoms with E-state index in [4.69, 9.17) is 9.84 Å². The maximum Gasteiger partial charge on any atom is 0.391 e. The molecule has 2 nitrogen and oxygen atoms in total. The first-order valence-corrected chi connectivity index (χ1v) is 5.84. The Kier molecular flexibility index (Phi) is 6.40. The lowest BCUT2D eigenvalue weighted by atomic mass is 10.1. The van der Waals surface area contributed by atoms with Gasteiger partial charge in [-0.15, -0.1) is 0 Å². The van der Waals surface area contributed by atoms with Gasteiger partial charge < -0.3 is 9.84 Å². The second-order valence-corrected chi connectivity index (χ2v) is 3.89. The van der Waals surface area contributed by atoms with E-state index in [2.05, 4.69) is 11.8 Å². The van der Waals surface area contributed by atoms with E-state index in [-0.39, 0.29) is 19.8 Å². The molecule has 0 radical (unpaired) electrons.